The van der Waals surface area contributed by atoms with E-state index in [2.05, 4.69) is 15.2 Å². The molecule has 3 rings (SSSR count). The Morgan fingerprint density at radius 3 is 2.64 bits per heavy atom. The highest BCUT2D eigenvalue weighted by atomic mass is 19.3. The van der Waals surface area contributed by atoms with Crippen molar-refractivity contribution in [2.45, 2.75) is 33.2 Å². The fourth-order valence-electron chi connectivity index (χ4n) is 2.55. The standard InChI is InChI=1S/C17H16F2N4O2/c1-10-7-11(2)20-13(8-10)4-6-23-5-3-12(9-14(23)24)16-21-22-17(25-16)15(18)19/h3,5,7-9,15H,4,6H2,1-2H3. The molecule has 0 unspecified atom stereocenters. The topological polar surface area (TPSA) is 73.8 Å². The molecule has 0 atom stereocenters. The van der Waals surface area contributed by atoms with Gasteiger partial charge >= 0.3 is 6.43 Å². The molecule has 0 aliphatic rings. The molecule has 8 heteroatoms. The first-order valence-electron chi connectivity index (χ1n) is 7.69. The summed E-state index contributed by atoms with van der Waals surface area (Å²) in [6, 6.07) is 6.84. The van der Waals surface area contributed by atoms with Crippen LogP contribution < -0.4 is 5.56 Å². The van der Waals surface area contributed by atoms with Gasteiger partial charge in [-0.25, -0.2) is 0 Å². The lowest BCUT2D eigenvalue weighted by atomic mass is 10.2. The van der Waals surface area contributed by atoms with Gasteiger partial charge in [0.2, 0.25) is 5.89 Å². The molecule has 3 aromatic rings. The molecular weight excluding hydrogens is 330 g/mol. The third-order valence-corrected chi connectivity index (χ3v) is 3.63. The van der Waals surface area contributed by atoms with E-state index >= 15 is 0 Å². The zero-order valence-corrected chi connectivity index (χ0v) is 13.7. The normalized spacial score (nSPS) is 11.2. The van der Waals surface area contributed by atoms with E-state index in [1.165, 1.54) is 10.6 Å². The Hall–Kier alpha value is -2.90. The molecule has 0 aromatic carbocycles. The molecule has 3 heterocycles. The Morgan fingerprint density at radius 2 is 2.00 bits per heavy atom. The summed E-state index contributed by atoms with van der Waals surface area (Å²) >= 11 is 0. The van der Waals surface area contributed by atoms with Gasteiger partial charge in [-0.05, 0) is 37.6 Å². The highest BCUT2D eigenvalue weighted by molar-refractivity contribution is 5.50. The van der Waals surface area contributed by atoms with E-state index in [9.17, 15) is 13.6 Å². The van der Waals surface area contributed by atoms with E-state index < -0.39 is 12.3 Å². The summed E-state index contributed by atoms with van der Waals surface area (Å²) in [5.74, 6) is -0.865. The number of halogens is 2. The van der Waals surface area contributed by atoms with Gasteiger partial charge in [-0.1, -0.05) is 0 Å². The molecule has 25 heavy (non-hydrogen) atoms. The van der Waals surface area contributed by atoms with Gasteiger partial charge in [0.1, 0.15) is 0 Å². The van der Waals surface area contributed by atoms with Crippen molar-refractivity contribution < 1.29 is 13.2 Å². The molecule has 0 bridgehead atoms. The lowest BCUT2D eigenvalue weighted by Gasteiger charge is -2.07. The second-order valence-corrected chi connectivity index (χ2v) is 5.72. The maximum atomic E-state index is 12.5. The van der Waals surface area contributed by atoms with Crippen LogP contribution in [0.2, 0.25) is 0 Å². The van der Waals surface area contributed by atoms with Crippen LogP contribution in [0.5, 0.6) is 0 Å². The van der Waals surface area contributed by atoms with Gasteiger partial charge in [-0.15, -0.1) is 10.2 Å². The molecule has 0 spiro atoms. The van der Waals surface area contributed by atoms with Crippen LogP contribution in [-0.4, -0.2) is 19.7 Å². The highest BCUT2D eigenvalue weighted by Crippen LogP contribution is 2.22. The second-order valence-electron chi connectivity index (χ2n) is 5.72. The summed E-state index contributed by atoms with van der Waals surface area (Å²) < 4.78 is 31.4. The minimum atomic E-state index is -2.84. The maximum absolute atomic E-state index is 12.5. The molecule has 0 N–H and O–H groups in total. The molecule has 0 saturated carbocycles. The van der Waals surface area contributed by atoms with Gasteiger partial charge in [0.25, 0.3) is 11.4 Å². The summed E-state index contributed by atoms with van der Waals surface area (Å²) in [5.41, 5.74) is 3.00. The summed E-state index contributed by atoms with van der Waals surface area (Å²) in [7, 11) is 0. The summed E-state index contributed by atoms with van der Waals surface area (Å²) in [6.07, 6.45) is -0.656. The Balaban J connectivity index is 1.76. The fraction of sp³-hybridized carbons (Fsp3) is 0.294. The Bertz CT molecular complexity index is 930. The molecule has 0 aliphatic heterocycles. The van der Waals surface area contributed by atoms with Gasteiger partial charge in [-0.3, -0.25) is 9.78 Å². The Labute approximate surface area is 142 Å². The molecule has 6 nitrogen and oxygen atoms in total. The van der Waals surface area contributed by atoms with Crippen LogP contribution in [0.25, 0.3) is 11.5 Å². The van der Waals surface area contributed by atoms with Crippen LogP contribution in [0.3, 0.4) is 0 Å². The number of pyridine rings is 2. The summed E-state index contributed by atoms with van der Waals surface area (Å²) in [4.78, 5) is 16.7. The average Bonchev–Trinajstić information content (AvgIpc) is 3.03. The quantitative estimate of drug-likeness (QED) is 0.710. The lowest BCUT2D eigenvalue weighted by Crippen LogP contribution is -2.20. The van der Waals surface area contributed by atoms with Crippen molar-refractivity contribution in [3.8, 4) is 11.5 Å². The van der Waals surface area contributed by atoms with Crippen molar-refractivity contribution in [3.63, 3.8) is 0 Å². The Kier molecular flexibility index (Phi) is 4.69. The highest BCUT2D eigenvalue weighted by Gasteiger charge is 2.17. The van der Waals surface area contributed by atoms with Crippen molar-refractivity contribution in [1.29, 1.82) is 0 Å². The summed E-state index contributed by atoms with van der Waals surface area (Å²) in [5, 5.41) is 6.79. The first kappa shape index (κ1) is 16.9. The molecule has 0 aliphatic carbocycles. The van der Waals surface area contributed by atoms with Crippen molar-refractivity contribution >= 4 is 0 Å². The van der Waals surface area contributed by atoms with Crippen LogP contribution in [-0.2, 0) is 13.0 Å². The van der Waals surface area contributed by atoms with Crippen molar-refractivity contribution in [2.75, 3.05) is 0 Å². The van der Waals surface area contributed by atoms with Crippen LogP contribution in [0.4, 0.5) is 8.78 Å². The molecule has 0 fully saturated rings. The number of aromatic nitrogens is 4. The largest absolute Gasteiger partial charge is 0.415 e. The second kappa shape index (κ2) is 6.92. The van der Waals surface area contributed by atoms with E-state index in [-0.39, 0.29) is 11.4 Å². The van der Waals surface area contributed by atoms with Gasteiger partial charge in [0.15, 0.2) is 0 Å². The van der Waals surface area contributed by atoms with Crippen LogP contribution in [0.15, 0.2) is 39.7 Å². The maximum Gasteiger partial charge on any atom is 0.314 e. The zero-order valence-electron chi connectivity index (χ0n) is 13.7. The first-order valence-corrected chi connectivity index (χ1v) is 7.69. The molecule has 0 saturated heterocycles. The minimum Gasteiger partial charge on any atom is -0.415 e. The average molecular weight is 346 g/mol. The number of aryl methyl sites for hydroxylation is 4. The molecule has 130 valence electrons. The number of hydrogen-bond donors (Lipinski definition) is 0. The minimum absolute atomic E-state index is 0.101. The molecule has 3 aromatic heterocycles. The van der Waals surface area contributed by atoms with Crippen LogP contribution >= 0.6 is 0 Å². The van der Waals surface area contributed by atoms with E-state index in [0.29, 0.717) is 18.5 Å². The van der Waals surface area contributed by atoms with Crippen LogP contribution in [0.1, 0.15) is 29.3 Å². The number of nitrogens with zero attached hydrogens (tertiary/aromatic N) is 4. The van der Waals surface area contributed by atoms with E-state index in [4.69, 9.17) is 4.42 Å². The van der Waals surface area contributed by atoms with Crippen molar-refractivity contribution in [3.05, 3.63) is 63.7 Å². The van der Waals surface area contributed by atoms with E-state index in [0.717, 1.165) is 17.0 Å². The van der Waals surface area contributed by atoms with E-state index in [1.54, 1.807) is 12.3 Å². The van der Waals surface area contributed by atoms with Gasteiger partial charge in [0, 0.05) is 42.2 Å². The van der Waals surface area contributed by atoms with Gasteiger partial charge < -0.3 is 8.98 Å². The summed E-state index contributed by atoms with van der Waals surface area (Å²) in [6.45, 7) is 4.38. The zero-order chi connectivity index (χ0) is 18.0. The van der Waals surface area contributed by atoms with Crippen LogP contribution in [0, 0.1) is 13.8 Å². The Morgan fingerprint density at radius 1 is 1.20 bits per heavy atom. The first-order chi connectivity index (χ1) is 11.9. The number of rotatable bonds is 5. The fourth-order valence-corrected chi connectivity index (χ4v) is 2.55. The van der Waals surface area contributed by atoms with Gasteiger partial charge in [-0.2, -0.15) is 8.78 Å². The third kappa shape index (κ3) is 3.96. The molecule has 0 amide bonds. The monoisotopic (exact) mass is 346 g/mol. The van der Waals surface area contributed by atoms with Crippen molar-refractivity contribution in [1.82, 2.24) is 19.7 Å². The third-order valence-electron chi connectivity index (χ3n) is 3.63. The lowest BCUT2D eigenvalue weighted by molar-refractivity contribution is 0.116. The van der Waals surface area contributed by atoms with Crippen molar-refractivity contribution in [2.24, 2.45) is 0 Å². The number of hydrogen-bond acceptors (Lipinski definition) is 5. The van der Waals surface area contributed by atoms with Gasteiger partial charge in [0.05, 0.1) is 0 Å². The SMILES string of the molecule is Cc1cc(C)nc(CCn2ccc(-c3nnc(C(F)F)o3)cc2=O)c1. The van der Waals surface area contributed by atoms with E-state index in [1.807, 2.05) is 26.0 Å². The molecule has 0 radical (unpaired) electrons. The smallest absolute Gasteiger partial charge is 0.314 e. The molecular formula is C17H16F2N4O2. The predicted octanol–water partition coefficient (Wildman–Crippen LogP) is 3.09. The predicted molar refractivity (Wildman–Crippen MR) is 86.4 cm³/mol. The number of alkyl halides is 2.